The zero-order valence-corrected chi connectivity index (χ0v) is 18.3. The Labute approximate surface area is 187 Å². The average molecular weight is 453 g/mol. The van der Waals surface area contributed by atoms with Gasteiger partial charge in [-0.2, -0.15) is 0 Å². The Morgan fingerprint density at radius 2 is 1.75 bits per heavy atom. The van der Waals surface area contributed by atoms with Crippen LogP contribution in [0.15, 0.2) is 71.6 Å². The van der Waals surface area contributed by atoms with Crippen LogP contribution in [0.25, 0.3) is 11.3 Å². The molecule has 0 radical (unpaired) electrons. The summed E-state index contributed by atoms with van der Waals surface area (Å²) in [6.07, 6.45) is -0.129. The molecule has 166 valence electrons. The number of benzene rings is 2. The van der Waals surface area contributed by atoms with E-state index in [4.69, 9.17) is 4.74 Å². The Balaban J connectivity index is 1.38. The average Bonchev–Trinajstić information content (AvgIpc) is 2.84. The number of carbonyl (C=O) groups is 1. The van der Waals surface area contributed by atoms with Gasteiger partial charge in [0.2, 0.25) is 5.91 Å². The summed E-state index contributed by atoms with van der Waals surface area (Å²) in [4.78, 5) is 14.7. The van der Waals surface area contributed by atoms with Gasteiger partial charge in [0, 0.05) is 30.8 Å². The lowest BCUT2D eigenvalue weighted by atomic mass is 10.1. The summed E-state index contributed by atoms with van der Waals surface area (Å²) < 4.78 is 30.1. The van der Waals surface area contributed by atoms with E-state index in [0.29, 0.717) is 24.6 Å². The minimum Gasteiger partial charge on any atom is -0.378 e. The van der Waals surface area contributed by atoms with Crippen LogP contribution < -0.4 is 10.2 Å². The number of nitrogens with zero attached hydrogens (tertiary/aromatic N) is 3. The molecule has 0 atom stereocenters. The lowest BCUT2D eigenvalue weighted by Crippen LogP contribution is -2.36. The molecule has 0 bridgehead atoms. The van der Waals surface area contributed by atoms with Crippen molar-refractivity contribution >= 4 is 27.2 Å². The number of carbonyl (C=O) groups excluding carboxylic acids is 1. The molecule has 0 aliphatic carbocycles. The van der Waals surface area contributed by atoms with Gasteiger partial charge in [0.05, 0.1) is 29.6 Å². The number of morpholine rings is 1. The molecular weight excluding hydrogens is 428 g/mol. The fraction of sp³-hybridized carbons (Fsp3) is 0.261. The first-order valence-corrected chi connectivity index (χ1v) is 12.0. The summed E-state index contributed by atoms with van der Waals surface area (Å²) >= 11 is 0. The minimum atomic E-state index is -3.50. The second-order valence-corrected chi connectivity index (χ2v) is 9.50. The van der Waals surface area contributed by atoms with Gasteiger partial charge in [0.15, 0.2) is 15.7 Å². The van der Waals surface area contributed by atoms with E-state index in [1.54, 1.807) is 30.3 Å². The summed E-state index contributed by atoms with van der Waals surface area (Å²) in [6, 6.07) is 19.2. The lowest BCUT2D eigenvalue weighted by molar-refractivity contribution is -0.115. The second kappa shape index (κ2) is 9.88. The molecule has 2 heterocycles. The van der Waals surface area contributed by atoms with E-state index in [0.717, 1.165) is 24.5 Å². The molecule has 0 spiro atoms. The second-order valence-electron chi connectivity index (χ2n) is 7.39. The molecule has 1 N–H and O–H groups in total. The highest BCUT2D eigenvalue weighted by molar-refractivity contribution is 7.91. The monoisotopic (exact) mass is 452 g/mol. The first-order valence-electron chi connectivity index (χ1n) is 10.4. The fourth-order valence-corrected chi connectivity index (χ4v) is 4.65. The van der Waals surface area contributed by atoms with E-state index >= 15 is 0 Å². The highest BCUT2D eigenvalue weighted by atomic mass is 32.2. The van der Waals surface area contributed by atoms with Crippen LogP contribution in [-0.2, 0) is 19.4 Å². The zero-order chi connectivity index (χ0) is 22.4. The summed E-state index contributed by atoms with van der Waals surface area (Å²) in [6.45, 7) is 2.93. The smallest absolute Gasteiger partial charge is 0.225 e. The Kier molecular flexibility index (Phi) is 6.77. The molecule has 9 heteroatoms. The molecular formula is C23H24N4O4S. The maximum atomic E-state index is 12.4. The normalized spacial score (nSPS) is 14.2. The van der Waals surface area contributed by atoms with Crippen LogP contribution >= 0.6 is 0 Å². The van der Waals surface area contributed by atoms with Crippen LogP contribution in [0.5, 0.6) is 0 Å². The molecule has 3 aromatic rings. The third-order valence-corrected chi connectivity index (χ3v) is 6.86. The van der Waals surface area contributed by atoms with Gasteiger partial charge in [-0.05, 0) is 36.4 Å². The summed E-state index contributed by atoms with van der Waals surface area (Å²) in [7, 11) is -3.50. The Morgan fingerprint density at radius 1 is 0.969 bits per heavy atom. The van der Waals surface area contributed by atoms with E-state index < -0.39 is 9.84 Å². The van der Waals surface area contributed by atoms with E-state index in [9.17, 15) is 13.2 Å². The van der Waals surface area contributed by atoms with Crippen LogP contribution in [0.4, 0.5) is 11.5 Å². The van der Waals surface area contributed by atoms with Crippen molar-refractivity contribution < 1.29 is 17.9 Å². The van der Waals surface area contributed by atoms with E-state index in [1.807, 2.05) is 24.3 Å². The predicted molar refractivity (Wildman–Crippen MR) is 122 cm³/mol. The van der Waals surface area contributed by atoms with Gasteiger partial charge in [-0.15, -0.1) is 10.2 Å². The van der Waals surface area contributed by atoms with E-state index in [-0.39, 0.29) is 23.0 Å². The lowest BCUT2D eigenvalue weighted by Gasteiger charge is -2.27. The van der Waals surface area contributed by atoms with E-state index in [2.05, 4.69) is 20.4 Å². The van der Waals surface area contributed by atoms with Crippen molar-refractivity contribution in [2.75, 3.05) is 42.3 Å². The molecule has 1 amide bonds. The van der Waals surface area contributed by atoms with Gasteiger partial charge in [0.25, 0.3) is 0 Å². The van der Waals surface area contributed by atoms with Gasteiger partial charge >= 0.3 is 0 Å². The highest BCUT2D eigenvalue weighted by Crippen LogP contribution is 2.22. The molecule has 4 rings (SSSR count). The van der Waals surface area contributed by atoms with Crippen molar-refractivity contribution in [1.29, 1.82) is 0 Å². The minimum absolute atomic E-state index is 0.129. The quantitative estimate of drug-likeness (QED) is 0.588. The number of ether oxygens (including phenoxy) is 1. The number of hydrogen-bond acceptors (Lipinski definition) is 7. The number of amides is 1. The molecule has 8 nitrogen and oxygen atoms in total. The van der Waals surface area contributed by atoms with Crippen molar-refractivity contribution in [2.24, 2.45) is 0 Å². The van der Waals surface area contributed by atoms with Crippen molar-refractivity contribution in [1.82, 2.24) is 10.2 Å². The molecule has 1 fully saturated rings. The number of sulfone groups is 1. The molecule has 1 saturated heterocycles. The maximum absolute atomic E-state index is 12.4. The summed E-state index contributed by atoms with van der Waals surface area (Å²) in [5.41, 5.74) is 2.06. The molecule has 0 saturated carbocycles. The molecule has 32 heavy (non-hydrogen) atoms. The predicted octanol–water partition coefficient (Wildman–Crippen LogP) is 2.78. The fourth-order valence-electron chi connectivity index (χ4n) is 3.39. The van der Waals surface area contributed by atoms with Crippen LogP contribution in [-0.4, -0.2) is 56.6 Å². The number of anilines is 2. The van der Waals surface area contributed by atoms with E-state index in [1.165, 1.54) is 12.1 Å². The van der Waals surface area contributed by atoms with Gasteiger partial charge < -0.3 is 15.0 Å². The first kappa shape index (κ1) is 21.9. The Morgan fingerprint density at radius 3 is 2.47 bits per heavy atom. The third-order valence-electron chi connectivity index (χ3n) is 5.13. The van der Waals surface area contributed by atoms with Gasteiger partial charge in [-0.1, -0.05) is 30.3 Å². The van der Waals surface area contributed by atoms with Crippen LogP contribution in [0.2, 0.25) is 0 Å². The molecule has 1 aliphatic rings. The largest absolute Gasteiger partial charge is 0.378 e. The summed E-state index contributed by atoms with van der Waals surface area (Å²) in [5.74, 6) is 0.188. The third kappa shape index (κ3) is 5.49. The molecule has 1 aromatic heterocycles. The summed E-state index contributed by atoms with van der Waals surface area (Å²) in [5, 5.41) is 11.4. The SMILES string of the molecule is O=C(CCS(=O)(=O)c1ccccc1)Nc1cccc(-c2ccc(N3CCOCC3)nn2)c1. The topological polar surface area (TPSA) is 101 Å². The highest BCUT2D eigenvalue weighted by Gasteiger charge is 2.17. The van der Waals surface area contributed by atoms with Gasteiger partial charge in [-0.25, -0.2) is 8.42 Å². The van der Waals surface area contributed by atoms with Crippen LogP contribution in [0, 0.1) is 0 Å². The molecule has 2 aromatic carbocycles. The van der Waals surface area contributed by atoms with Crippen LogP contribution in [0.1, 0.15) is 6.42 Å². The Bertz CT molecular complexity index is 1160. The first-order chi connectivity index (χ1) is 15.5. The number of rotatable bonds is 7. The maximum Gasteiger partial charge on any atom is 0.225 e. The molecule has 1 aliphatic heterocycles. The van der Waals surface area contributed by atoms with Crippen molar-refractivity contribution in [3.63, 3.8) is 0 Å². The molecule has 0 unspecified atom stereocenters. The number of aromatic nitrogens is 2. The standard InChI is InChI=1S/C23H24N4O4S/c28-23(11-16-32(29,30)20-7-2-1-3-8-20)24-19-6-4-5-18(17-19)21-9-10-22(26-25-21)27-12-14-31-15-13-27/h1-10,17H,11-16H2,(H,24,28). The van der Waals surface area contributed by atoms with Crippen LogP contribution in [0.3, 0.4) is 0 Å². The zero-order valence-electron chi connectivity index (χ0n) is 17.5. The van der Waals surface area contributed by atoms with Gasteiger partial charge in [-0.3, -0.25) is 4.79 Å². The Hall–Kier alpha value is -3.30. The van der Waals surface area contributed by atoms with Crippen molar-refractivity contribution in [3.8, 4) is 11.3 Å². The number of nitrogens with one attached hydrogen (secondary N) is 1. The van der Waals surface area contributed by atoms with Crippen molar-refractivity contribution in [3.05, 3.63) is 66.7 Å². The van der Waals surface area contributed by atoms with Crippen molar-refractivity contribution in [2.45, 2.75) is 11.3 Å². The van der Waals surface area contributed by atoms with Gasteiger partial charge in [0.1, 0.15) is 0 Å². The number of hydrogen-bond donors (Lipinski definition) is 1.